The first-order chi connectivity index (χ1) is 12.0. The summed E-state index contributed by atoms with van der Waals surface area (Å²) in [7, 11) is 0. The van der Waals surface area contributed by atoms with Gasteiger partial charge >= 0.3 is 5.97 Å². The molecule has 0 aliphatic carbocycles. The third-order valence-corrected chi connectivity index (χ3v) is 3.46. The molecule has 0 aliphatic rings. The topological polar surface area (TPSA) is 84.9 Å². The summed E-state index contributed by atoms with van der Waals surface area (Å²) in [5, 5.41) is 12.8. The maximum absolute atomic E-state index is 11.9. The lowest BCUT2D eigenvalue weighted by atomic mass is 10.1. The quantitative estimate of drug-likeness (QED) is 0.583. The number of aromatic hydroxyl groups is 1. The molecule has 0 spiro atoms. The van der Waals surface area contributed by atoms with Crippen LogP contribution >= 0.6 is 11.6 Å². The number of esters is 1. The predicted molar refractivity (Wildman–Crippen MR) is 93.1 cm³/mol. The molecular formula is C18H18ClNO5. The Labute approximate surface area is 150 Å². The number of aryl methyl sites for hydroxylation is 1. The van der Waals surface area contributed by atoms with Crippen molar-refractivity contribution in [1.82, 2.24) is 5.32 Å². The molecule has 0 bridgehead atoms. The minimum atomic E-state index is -0.756. The number of benzene rings is 2. The molecule has 0 atom stereocenters. The van der Waals surface area contributed by atoms with Crippen LogP contribution in [0.25, 0.3) is 0 Å². The van der Waals surface area contributed by atoms with Crippen LogP contribution in [0.5, 0.6) is 11.5 Å². The molecular weight excluding hydrogens is 346 g/mol. The van der Waals surface area contributed by atoms with Gasteiger partial charge in [-0.15, -0.1) is 0 Å². The van der Waals surface area contributed by atoms with E-state index < -0.39 is 18.5 Å². The van der Waals surface area contributed by atoms with E-state index in [2.05, 4.69) is 5.32 Å². The van der Waals surface area contributed by atoms with Gasteiger partial charge in [0.2, 0.25) is 0 Å². The minimum Gasteiger partial charge on any atom is -0.507 e. The monoisotopic (exact) mass is 363 g/mol. The summed E-state index contributed by atoms with van der Waals surface area (Å²) in [6, 6.07) is 11.4. The minimum absolute atomic E-state index is 0.0267. The number of hydrogen-bond acceptors (Lipinski definition) is 5. The van der Waals surface area contributed by atoms with E-state index in [1.807, 2.05) is 0 Å². The highest BCUT2D eigenvalue weighted by atomic mass is 35.5. The lowest BCUT2D eigenvalue weighted by Gasteiger charge is -2.09. The zero-order valence-corrected chi connectivity index (χ0v) is 14.4. The van der Waals surface area contributed by atoms with Gasteiger partial charge < -0.3 is 19.9 Å². The number of amides is 1. The Balaban J connectivity index is 1.69. The molecule has 6 nitrogen and oxygen atoms in total. The summed E-state index contributed by atoms with van der Waals surface area (Å²) in [4.78, 5) is 23.5. The summed E-state index contributed by atoms with van der Waals surface area (Å²) in [6.45, 7) is 1.87. The van der Waals surface area contributed by atoms with Gasteiger partial charge in [0, 0.05) is 5.02 Å². The molecule has 25 heavy (non-hydrogen) atoms. The van der Waals surface area contributed by atoms with Crippen LogP contribution in [0.4, 0.5) is 0 Å². The Kier molecular flexibility index (Phi) is 6.65. The molecule has 132 valence electrons. The number of rotatable bonds is 7. The second-order valence-electron chi connectivity index (χ2n) is 5.25. The molecule has 0 fully saturated rings. The first-order valence-electron chi connectivity index (χ1n) is 7.57. The van der Waals surface area contributed by atoms with E-state index in [1.165, 1.54) is 12.1 Å². The first kappa shape index (κ1) is 18.6. The van der Waals surface area contributed by atoms with E-state index in [1.54, 1.807) is 37.3 Å². The van der Waals surface area contributed by atoms with Crippen LogP contribution in [0.15, 0.2) is 42.5 Å². The van der Waals surface area contributed by atoms with Crippen LogP contribution in [0, 0.1) is 6.92 Å². The largest absolute Gasteiger partial charge is 0.507 e. The van der Waals surface area contributed by atoms with Crippen molar-refractivity contribution in [3.63, 3.8) is 0 Å². The van der Waals surface area contributed by atoms with Crippen molar-refractivity contribution in [2.75, 3.05) is 19.8 Å². The number of phenolic OH excluding ortho intramolecular Hbond substituents is 1. The molecule has 0 saturated carbocycles. The number of hydrogen-bond donors (Lipinski definition) is 2. The SMILES string of the molecule is Cc1ccc(O)c(C(=O)OCC(=O)NCCOc2ccc(Cl)cc2)c1. The number of halogens is 1. The Hall–Kier alpha value is -2.73. The first-order valence-corrected chi connectivity index (χ1v) is 7.95. The Bertz CT molecular complexity index is 746. The van der Waals surface area contributed by atoms with Gasteiger partial charge in [-0.2, -0.15) is 0 Å². The van der Waals surface area contributed by atoms with Gasteiger partial charge in [-0.25, -0.2) is 4.79 Å². The van der Waals surface area contributed by atoms with Crippen LogP contribution in [-0.4, -0.2) is 36.7 Å². The average molecular weight is 364 g/mol. The molecule has 2 aromatic carbocycles. The van der Waals surface area contributed by atoms with Gasteiger partial charge in [0.25, 0.3) is 5.91 Å². The third kappa shape index (κ3) is 6.00. The molecule has 2 rings (SSSR count). The van der Waals surface area contributed by atoms with Crippen molar-refractivity contribution in [3.8, 4) is 11.5 Å². The fourth-order valence-electron chi connectivity index (χ4n) is 1.96. The fraction of sp³-hybridized carbons (Fsp3) is 0.222. The van der Waals surface area contributed by atoms with E-state index in [9.17, 15) is 14.7 Å². The number of nitrogens with one attached hydrogen (secondary N) is 1. The summed E-state index contributed by atoms with van der Waals surface area (Å²) < 4.78 is 10.3. The molecule has 0 aromatic heterocycles. The van der Waals surface area contributed by atoms with E-state index in [-0.39, 0.29) is 24.5 Å². The molecule has 0 saturated heterocycles. The van der Waals surface area contributed by atoms with Crippen molar-refractivity contribution in [2.24, 2.45) is 0 Å². The molecule has 1 amide bonds. The average Bonchev–Trinajstić information content (AvgIpc) is 2.60. The number of ether oxygens (including phenoxy) is 2. The molecule has 0 heterocycles. The van der Waals surface area contributed by atoms with Crippen molar-refractivity contribution < 1.29 is 24.2 Å². The van der Waals surface area contributed by atoms with Gasteiger partial charge in [0.05, 0.1) is 6.54 Å². The number of carbonyl (C=O) groups excluding carboxylic acids is 2. The van der Waals surface area contributed by atoms with Crippen LogP contribution in [0.2, 0.25) is 5.02 Å². The van der Waals surface area contributed by atoms with Crippen molar-refractivity contribution in [1.29, 1.82) is 0 Å². The lowest BCUT2D eigenvalue weighted by molar-refractivity contribution is -0.124. The zero-order chi connectivity index (χ0) is 18.2. The van der Waals surface area contributed by atoms with Crippen LogP contribution in [-0.2, 0) is 9.53 Å². The number of carbonyl (C=O) groups is 2. The van der Waals surface area contributed by atoms with E-state index in [4.69, 9.17) is 21.1 Å². The van der Waals surface area contributed by atoms with Crippen molar-refractivity contribution >= 4 is 23.5 Å². The molecule has 0 unspecified atom stereocenters. The van der Waals surface area contributed by atoms with E-state index in [0.29, 0.717) is 10.8 Å². The second kappa shape index (κ2) is 8.94. The van der Waals surface area contributed by atoms with Crippen LogP contribution in [0.1, 0.15) is 15.9 Å². The van der Waals surface area contributed by atoms with Crippen molar-refractivity contribution in [2.45, 2.75) is 6.92 Å². The van der Waals surface area contributed by atoms with Crippen LogP contribution in [0.3, 0.4) is 0 Å². The Morgan fingerprint density at radius 2 is 1.88 bits per heavy atom. The van der Waals surface area contributed by atoms with Gasteiger partial charge in [0.15, 0.2) is 6.61 Å². The fourth-order valence-corrected chi connectivity index (χ4v) is 2.09. The van der Waals surface area contributed by atoms with Crippen molar-refractivity contribution in [3.05, 3.63) is 58.6 Å². The van der Waals surface area contributed by atoms with E-state index >= 15 is 0 Å². The maximum Gasteiger partial charge on any atom is 0.342 e. The molecule has 2 N–H and O–H groups in total. The molecule has 0 radical (unpaired) electrons. The maximum atomic E-state index is 11.9. The highest BCUT2D eigenvalue weighted by molar-refractivity contribution is 6.30. The summed E-state index contributed by atoms with van der Waals surface area (Å²) in [5.74, 6) is -0.763. The Morgan fingerprint density at radius 3 is 2.60 bits per heavy atom. The molecule has 0 aliphatic heterocycles. The summed E-state index contributed by atoms with van der Waals surface area (Å²) in [6.07, 6.45) is 0. The normalized spacial score (nSPS) is 10.2. The predicted octanol–water partition coefficient (Wildman–Crippen LogP) is 2.71. The highest BCUT2D eigenvalue weighted by Gasteiger charge is 2.14. The summed E-state index contributed by atoms with van der Waals surface area (Å²) in [5.41, 5.74) is 0.826. The Morgan fingerprint density at radius 1 is 1.16 bits per heavy atom. The van der Waals surface area contributed by atoms with Gasteiger partial charge in [-0.3, -0.25) is 4.79 Å². The second-order valence-corrected chi connectivity index (χ2v) is 5.69. The molecule has 7 heteroatoms. The van der Waals surface area contributed by atoms with E-state index in [0.717, 1.165) is 5.56 Å². The lowest BCUT2D eigenvalue weighted by Crippen LogP contribution is -2.32. The highest BCUT2D eigenvalue weighted by Crippen LogP contribution is 2.19. The van der Waals surface area contributed by atoms with Gasteiger partial charge in [-0.05, 0) is 43.3 Å². The van der Waals surface area contributed by atoms with Gasteiger partial charge in [0.1, 0.15) is 23.7 Å². The number of phenols is 1. The van der Waals surface area contributed by atoms with Gasteiger partial charge in [-0.1, -0.05) is 23.2 Å². The summed E-state index contributed by atoms with van der Waals surface area (Å²) >= 11 is 5.77. The standard InChI is InChI=1S/C18H18ClNO5/c1-12-2-7-16(21)15(10-12)18(23)25-11-17(22)20-8-9-24-14-5-3-13(19)4-6-14/h2-7,10,21H,8-9,11H2,1H3,(H,20,22). The third-order valence-electron chi connectivity index (χ3n) is 3.21. The van der Waals surface area contributed by atoms with Crippen LogP contribution < -0.4 is 10.1 Å². The zero-order valence-electron chi connectivity index (χ0n) is 13.6. The molecule has 2 aromatic rings. The smallest absolute Gasteiger partial charge is 0.342 e.